The summed E-state index contributed by atoms with van der Waals surface area (Å²) >= 11 is 1.21. The topological polar surface area (TPSA) is 26.3 Å². The minimum absolute atomic E-state index is 0.213. The van der Waals surface area contributed by atoms with Crippen LogP contribution < -0.4 is 0 Å². The van der Waals surface area contributed by atoms with Crippen molar-refractivity contribution in [3.8, 4) is 0 Å². The highest BCUT2D eigenvalue weighted by Crippen LogP contribution is 2.23. The summed E-state index contributed by atoms with van der Waals surface area (Å²) in [4.78, 5) is 11.2. The summed E-state index contributed by atoms with van der Waals surface area (Å²) in [5.74, 6) is -0.806. The van der Waals surface area contributed by atoms with E-state index in [4.69, 9.17) is 0 Å². The Kier molecular flexibility index (Phi) is 3.22. The van der Waals surface area contributed by atoms with E-state index in [1.54, 1.807) is 24.4 Å². The number of esters is 1. The van der Waals surface area contributed by atoms with E-state index in [-0.39, 0.29) is 6.61 Å². The maximum absolute atomic E-state index is 13.1. The van der Waals surface area contributed by atoms with Crippen LogP contribution >= 0.6 is 11.3 Å². The van der Waals surface area contributed by atoms with Gasteiger partial charge in [-0.2, -0.15) is 0 Å². The summed E-state index contributed by atoms with van der Waals surface area (Å²) in [6.45, 7) is 1.86. The van der Waals surface area contributed by atoms with Gasteiger partial charge in [-0.3, -0.25) is 0 Å². The standard InChI is InChI=1S/C8H9FO2S/c1-2-11-8(10)7(9)6-4-3-5-12-6/h3-5,7H,2H2,1H3. The van der Waals surface area contributed by atoms with Crippen LogP contribution in [0.5, 0.6) is 0 Å². The van der Waals surface area contributed by atoms with E-state index in [9.17, 15) is 9.18 Å². The van der Waals surface area contributed by atoms with E-state index < -0.39 is 12.1 Å². The number of thiophene rings is 1. The average Bonchev–Trinajstić information content (AvgIpc) is 2.55. The Morgan fingerprint density at radius 1 is 1.83 bits per heavy atom. The molecule has 1 atom stereocenters. The lowest BCUT2D eigenvalue weighted by Crippen LogP contribution is -2.10. The number of carbonyl (C=O) groups is 1. The number of halogens is 1. The van der Waals surface area contributed by atoms with E-state index >= 15 is 0 Å². The van der Waals surface area contributed by atoms with Crippen molar-refractivity contribution in [1.82, 2.24) is 0 Å². The molecule has 0 saturated carbocycles. The molecule has 0 N–H and O–H groups in total. The Morgan fingerprint density at radius 2 is 2.58 bits per heavy atom. The zero-order valence-electron chi connectivity index (χ0n) is 6.62. The number of hydrogen-bond acceptors (Lipinski definition) is 3. The van der Waals surface area contributed by atoms with Crippen molar-refractivity contribution in [3.05, 3.63) is 22.4 Å². The number of ether oxygens (including phenoxy) is 1. The highest BCUT2D eigenvalue weighted by molar-refractivity contribution is 7.10. The van der Waals surface area contributed by atoms with Gasteiger partial charge in [-0.15, -0.1) is 11.3 Å². The van der Waals surface area contributed by atoms with Crippen LogP contribution in [0, 0.1) is 0 Å². The first-order chi connectivity index (χ1) is 5.75. The quantitative estimate of drug-likeness (QED) is 0.680. The molecular formula is C8H9FO2S. The fourth-order valence-electron chi connectivity index (χ4n) is 0.767. The molecule has 1 aromatic rings. The Hall–Kier alpha value is -0.900. The first kappa shape index (κ1) is 9.19. The highest BCUT2D eigenvalue weighted by atomic mass is 32.1. The monoisotopic (exact) mass is 188 g/mol. The van der Waals surface area contributed by atoms with Crippen LogP contribution in [-0.4, -0.2) is 12.6 Å². The first-order valence-corrected chi connectivity index (χ1v) is 4.47. The smallest absolute Gasteiger partial charge is 0.346 e. The van der Waals surface area contributed by atoms with Gasteiger partial charge in [-0.1, -0.05) is 6.07 Å². The number of carbonyl (C=O) groups excluding carboxylic acids is 1. The molecule has 12 heavy (non-hydrogen) atoms. The Bertz CT molecular complexity index is 246. The van der Waals surface area contributed by atoms with Crippen LogP contribution in [0.3, 0.4) is 0 Å². The van der Waals surface area contributed by atoms with E-state index in [1.165, 1.54) is 11.3 Å². The molecule has 0 saturated heterocycles. The van der Waals surface area contributed by atoms with Crippen LogP contribution in [0.15, 0.2) is 17.5 Å². The van der Waals surface area contributed by atoms with E-state index in [2.05, 4.69) is 4.74 Å². The second kappa shape index (κ2) is 4.21. The van der Waals surface area contributed by atoms with Crippen LogP contribution in [0.1, 0.15) is 18.0 Å². The average molecular weight is 188 g/mol. The van der Waals surface area contributed by atoms with Gasteiger partial charge < -0.3 is 4.74 Å². The second-order valence-corrected chi connectivity index (χ2v) is 3.11. The molecule has 0 spiro atoms. The van der Waals surface area contributed by atoms with Crippen molar-refractivity contribution in [2.75, 3.05) is 6.61 Å². The summed E-state index contributed by atoms with van der Waals surface area (Å²) in [5.41, 5.74) is 0. The SMILES string of the molecule is CCOC(=O)C(F)c1cccs1. The van der Waals surface area contributed by atoms with Crippen LogP contribution in [0.2, 0.25) is 0 Å². The number of rotatable bonds is 3. The lowest BCUT2D eigenvalue weighted by atomic mass is 10.3. The molecule has 1 unspecified atom stereocenters. The number of hydrogen-bond donors (Lipinski definition) is 0. The molecule has 1 rings (SSSR count). The third-order valence-electron chi connectivity index (χ3n) is 1.29. The maximum Gasteiger partial charge on any atom is 0.346 e. The summed E-state index contributed by atoms with van der Waals surface area (Å²) in [6.07, 6.45) is -1.62. The number of alkyl halides is 1. The first-order valence-electron chi connectivity index (χ1n) is 3.59. The van der Waals surface area contributed by atoms with Gasteiger partial charge in [0.15, 0.2) is 0 Å². The van der Waals surface area contributed by atoms with Crippen LogP contribution in [0.25, 0.3) is 0 Å². The van der Waals surface area contributed by atoms with Gasteiger partial charge in [0.05, 0.1) is 6.61 Å². The minimum atomic E-state index is -1.62. The van der Waals surface area contributed by atoms with Gasteiger partial charge in [0.25, 0.3) is 0 Å². The molecule has 0 aliphatic carbocycles. The van der Waals surface area contributed by atoms with Crippen molar-refractivity contribution >= 4 is 17.3 Å². The molecule has 0 radical (unpaired) electrons. The van der Waals surface area contributed by atoms with E-state index in [0.29, 0.717) is 4.88 Å². The molecule has 0 aliphatic rings. The van der Waals surface area contributed by atoms with E-state index in [1.807, 2.05) is 0 Å². The fourth-order valence-corrected chi connectivity index (χ4v) is 1.45. The summed E-state index contributed by atoms with van der Waals surface area (Å²) in [5, 5.41) is 1.72. The summed E-state index contributed by atoms with van der Waals surface area (Å²) in [6, 6.07) is 3.28. The molecule has 0 aromatic carbocycles. The third kappa shape index (κ3) is 2.04. The summed E-state index contributed by atoms with van der Waals surface area (Å²) in [7, 11) is 0. The van der Waals surface area contributed by atoms with Crippen molar-refractivity contribution in [2.24, 2.45) is 0 Å². The molecule has 0 aliphatic heterocycles. The summed E-state index contributed by atoms with van der Waals surface area (Å²) < 4.78 is 17.6. The Balaban J connectivity index is 2.59. The highest BCUT2D eigenvalue weighted by Gasteiger charge is 2.21. The zero-order chi connectivity index (χ0) is 8.97. The predicted molar refractivity (Wildman–Crippen MR) is 44.8 cm³/mol. The molecule has 4 heteroatoms. The molecule has 2 nitrogen and oxygen atoms in total. The second-order valence-electron chi connectivity index (χ2n) is 2.13. The minimum Gasteiger partial charge on any atom is -0.464 e. The van der Waals surface area contributed by atoms with Crippen LogP contribution in [0.4, 0.5) is 4.39 Å². The lowest BCUT2D eigenvalue weighted by molar-refractivity contribution is -0.149. The van der Waals surface area contributed by atoms with Gasteiger partial charge >= 0.3 is 5.97 Å². The molecule has 0 fully saturated rings. The van der Waals surface area contributed by atoms with Gasteiger partial charge in [-0.25, -0.2) is 9.18 Å². The van der Waals surface area contributed by atoms with Crippen molar-refractivity contribution in [2.45, 2.75) is 13.1 Å². The van der Waals surface area contributed by atoms with Crippen molar-refractivity contribution in [3.63, 3.8) is 0 Å². The molecular weight excluding hydrogens is 179 g/mol. The fraction of sp³-hybridized carbons (Fsp3) is 0.375. The van der Waals surface area contributed by atoms with Crippen molar-refractivity contribution in [1.29, 1.82) is 0 Å². The Labute approximate surface area is 74.0 Å². The predicted octanol–water partition coefficient (Wildman–Crippen LogP) is 2.32. The lowest BCUT2D eigenvalue weighted by Gasteiger charge is -2.03. The third-order valence-corrected chi connectivity index (χ3v) is 2.19. The molecule has 1 aromatic heterocycles. The van der Waals surface area contributed by atoms with Gasteiger partial charge in [0.2, 0.25) is 6.17 Å². The molecule has 1 heterocycles. The van der Waals surface area contributed by atoms with Gasteiger partial charge in [-0.05, 0) is 18.4 Å². The molecule has 66 valence electrons. The largest absolute Gasteiger partial charge is 0.464 e. The maximum atomic E-state index is 13.1. The normalized spacial score (nSPS) is 12.5. The van der Waals surface area contributed by atoms with Gasteiger partial charge in [0, 0.05) is 4.88 Å². The van der Waals surface area contributed by atoms with Crippen LogP contribution in [-0.2, 0) is 9.53 Å². The van der Waals surface area contributed by atoms with Gasteiger partial charge in [0.1, 0.15) is 0 Å². The molecule has 0 amide bonds. The zero-order valence-corrected chi connectivity index (χ0v) is 7.44. The molecule has 0 bridgehead atoms. The van der Waals surface area contributed by atoms with Crippen molar-refractivity contribution < 1.29 is 13.9 Å². The van der Waals surface area contributed by atoms with E-state index in [0.717, 1.165) is 0 Å². The Morgan fingerprint density at radius 3 is 3.08 bits per heavy atom.